The van der Waals surface area contributed by atoms with Crippen LogP contribution in [0.1, 0.15) is 6.92 Å². The molecule has 0 aliphatic carbocycles. The zero-order valence-electron chi connectivity index (χ0n) is 13.1. The van der Waals surface area contributed by atoms with Gasteiger partial charge in [0.2, 0.25) is 5.91 Å². The fourth-order valence-electron chi connectivity index (χ4n) is 1.54. The van der Waals surface area contributed by atoms with Gasteiger partial charge in [-0.1, -0.05) is 18.2 Å². The van der Waals surface area contributed by atoms with Crippen LogP contribution in [-0.4, -0.2) is 50.4 Å². The predicted octanol–water partition coefficient (Wildman–Crippen LogP) is 1.27. The first-order valence-corrected chi connectivity index (χ1v) is 7.18. The smallest absolute Gasteiger partial charge is 0.411 e. The molecular formula is C15H19F3N2O4. The highest BCUT2D eigenvalue weighted by molar-refractivity contribution is 5.80. The summed E-state index contributed by atoms with van der Waals surface area (Å²) in [5.41, 5.74) is 0. The van der Waals surface area contributed by atoms with Gasteiger partial charge in [0.15, 0.2) is 6.61 Å². The van der Waals surface area contributed by atoms with Crippen LogP contribution in [0.3, 0.4) is 0 Å². The fraction of sp³-hybridized carbons (Fsp3) is 0.467. The Morgan fingerprint density at radius 3 is 2.38 bits per heavy atom. The maximum atomic E-state index is 12.0. The van der Waals surface area contributed by atoms with E-state index in [0.717, 1.165) is 0 Å². The van der Waals surface area contributed by atoms with Crippen molar-refractivity contribution < 1.29 is 32.2 Å². The fourth-order valence-corrected chi connectivity index (χ4v) is 1.54. The van der Waals surface area contributed by atoms with E-state index in [1.54, 1.807) is 24.3 Å². The predicted molar refractivity (Wildman–Crippen MR) is 79.4 cm³/mol. The van der Waals surface area contributed by atoms with Crippen molar-refractivity contribution in [3.8, 4) is 5.75 Å². The summed E-state index contributed by atoms with van der Waals surface area (Å²) >= 11 is 0. The third kappa shape index (κ3) is 8.99. The van der Waals surface area contributed by atoms with Gasteiger partial charge in [0, 0.05) is 13.1 Å². The first-order chi connectivity index (χ1) is 11.3. The second kappa shape index (κ2) is 9.76. The van der Waals surface area contributed by atoms with Crippen LogP contribution in [-0.2, 0) is 14.3 Å². The zero-order chi connectivity index (χ0) is 18.0. The molecule has 0 aliphatic heterocycles. The molecule has 0 aliphatic rings. The molecule has 1 aromatic carbocycles. The van der Waals surface area contributed by atoms with Gasteiger partial charge in [-0.05, 0) is 19.1 Å². The van der Waals surface area contributed by atoms with Crippen LogP contribution in [0.4, 0.5) is 13.2 Å². The maximum Gasteiger partial charge on any atom is 0.411 e. The quantitative estimate of drug-likeness (QED) is 0.659. The molecule has 0 spiro atoms. The van der Waals surface area contributed by atoms with Gasteiger partial charge in [-0.25, -0.2) is 0 Å². The highest BCUT2D eigenvalue weighted by Gasteiger charge is 2.29. The summed E-state index contributed by atoms with van der Waals surface area (Å²) in [6.45, 7) is -0.268. The van der Waals surface area contributed by atoms with E-state index in [9.17, 15) is 22.8 Å². The van der Waals surface area contributed by atoms with Crippen molar-refractivity contribution in [1.82, 2.24) is 10.6 Å². The number of benzene rings is 1. The van der Waals surface area contributed by atoms with Gasteiger partial charge < -0.3 is 20.1 Å². The minimum Gasteiger partial charge on any atom is -0.484 e. The summed E-state index contributed by atoms with van der Waals surface area (Å²) in [4.78, 5) is 23.0. The van der Waals surface area contributed by atoms with Crippen LogP contribution in [0.15, 0.2) is 30.3 Å². The number of ether oxygens (including phenoxy) is 2. The van der Waals surface area contributed by atoms with E-state index in [1.807, 2.05) is 6.07 Å². The highest BCUT2D eigenvalue weighted by atomic mass is 19.4. The largest absolute Gasteiger partial charge is 0.484 e. The average Bonchev–Trinajstić information content (AvgIpc) is 2.54. The van der Waals surface area contributed by atoms with E-state index in [2.05, 4.69) is 15.4 Å². The summed E-state index contributed by atoms with van der Waals surface area (Å²) in [5, 5.41) is 4.86. The first-order valence-electron chi connectivity index (χ1n) is 7.18. The van der Waals surface area contributed by atoms with Gasteiger partial charge in [-0.2, -0.15) is 13.2 Å². The van der Waals surface area contributed by atoms with Gasteiger partial charge in [0.1, 0.15) is 18.5 Å². The van der Waals surface area contributed by atoms with Crippen LogP contribution >= 0.6 is 0 Å². The van der Waals surface area contributed by atoms with E-state index < -0.39 is 24.8 Å². The molecule has 0 fully saturated rings. The van der Waals surface area contributed by atoms with Gasteiger partial charge in [-0.15, -0.1) is 0 Å². The SMILES string of the molecule is C[C@@H](OCC(F)(F)F)C(=O)NCCNC(=O)COc1ccccc1. The Balaban J connectivity index is 2.11. The minimum absolute atomic E-state index is 0.0651. The number of carbonyl (C=O) groups excluding carboxylic acids is 2. The molecule has 0 heterocycles. The normalized spacial score (nSPS) is 12.3. The summed E-state index contributed by atoms with van der Waals surface area (Å²) in [7, 11) is 0. The number of para-hydroxylation sites is 1. The monoisotopic (exact) mass is 348 g/mol. The molecular weight excluding hydrogens is 329 g/mol. The lowest BCUT2D eigenvalue weighted by Gasteiger charge is -2.14. The molecule has 6 nitrogen and oxygen atoms in total. The number of hydrogen-bond acceptors (Lipinski definition) is 4. The zero-order valence-corrected chi connectivity index (χ0v) is 13.1. The molecule has 1 aromatic rings. The topological polar surface area (TPSA) is 76.7 Å². The third-order valence-electron chi connectivity index (χ3n) is 2.73. The van der Waals surface area contributed by atoms with Crippen LogP contribution in [0, 0.1) is 0 Å². The summed E-state index contributed by atoms with van der Waals surface area (Å²) < 4.78 is 45.5. The second-order valence-corrected chi connectivity index (χ2v) is 4.81. The third-order valence-corrected chi connectivity index (χ3v) is 2.73. The van der Waals surface area contributed by atoms with Gasteiger partial charge >= 0.3 is 6.18 Å². The van der Waals surface area contributed by atoms with Crippen LogP contribution in [0.25, 0.3) is 0 Å². The molecule has 1 atom stereocenters. The van der Waals surface area contributed by atoms with E-state index in [4.69, 9.17) is 4.74 Å². The lowest BCUT2D eigenvalue weighted by molar-refractivity contribution is -0.185. The first kappa shape index (κ1) is 19.8. The standard InChI is InChI=1S/C15H19F3N2O4/c1-11(24-10-15(16,17)18)14(22)20-8-7-19-13(21)9-23-12-5-3-2-4-6-12/h2-6,11H,7-10H2,1H3,(H,19,21)(H,20,22)/t11-/m1/s1. The Bertz CT molecular complexity index is 523. The molecule has 9 heteroatoms. The van der Waals surface area contributed by atoms with Crippen molar-refractivity contribution in [3.63, 3.8) is 0 Å². The van der Waals surface area contributed by atoms with Crippen LogP contribution in [0.2, 0.25) is 0 Å². The molecule has 24 heavy (non-hydrogen) atoms. The van der Waals surface area contributed by atoms with E-state index in [0.29, 0.717) is 5.75 Å². The Morgan fingerprint density at radius 2 is 1.75 bits per heavy atom. The van der Waals surface area contributed by atoms with Crippen molar-refractivity contribution in [2.45, 2.75) is 19.2 Å². The van der Waals surface area contributed by atoms with Crippen molar-refractivity contribution in [3.05, 3.63) is 30.3 Å². The summed E-state index contributed by atoms with van der Waals surface area (Å²) in [6, 6.07) is 8.76. The number of carbonyl (C=O) groups is 2. The molecule has 134 valence electrons. The van der Waals surface area contributed by atoms with Crippen molar-refractivity contribution in [2.24, 2.45) is 0 Å². The maximum absolute atomic E-state index is 12.0. The number of halogens is 3. The summed E-state index contributed by atoms with van der Waals surface area (Å²) in [6.07, 6.45) is -5.72. The Labute approximate surface area is 137 Å². The minimum atomic E-state index is -4.48. The number of nitrogens with one attached hydrogen (secondary N) is 2. The van der Waals surface area contributed by atoms with Gasteiger partial charge in [-0.3, -0.25) is 9.59 Å². The van der Waals surface area contributed by atoms with E-state index >= 15 is 0 Å². The van der Waals surface area contributed by atoms with Crippen molar-refractivity contribution >= 4 is 11.8 Å². The van der Waals surface area contributed by atoms with Crippen LogP contribution < -0.4 is 15.4 Å². The number of rotatable bonds is 9. The van der Waals surface area contributed by atoms with E-state index in [1.165, 1.54) is 6.92 Å². The molecule has 0 saturated heterocycles. The molecule has 0 bridgehead atoms. The molecule has 1 rings (SSSR count). The highest BCUT2D eigenvalue weighted by Crippen LogP contribution is 2.15. The summed E-state index contributed by atoms with van der Waals surface area (Å²) in [5.74, 6) is -0.514. The van der Waals surface area contributed by atoms with Gasteiger partial charge in [0.05, 0.1) is 0 Å². The molecule has 0 radical (unpaired) electrons. The Kier molecular flexibility index (Phi) is 8.03. The molecule has 0 unspecified atom stereocenters. The van der Waals surface area contributed by atoms with Crippen LogP contribution in [0.5, 0.6) is 5.75 Å². The lowest BCUT2D eigenvalue weighted by atomic mass is 10.3. The lowest BCUT2D eigenvalue weighted by Crippen LogP contribution is -2.41. The molecule has 2 N–H and O–H groups in total. The number of amides is 2. The van der Waals surface area contributed by atoms with Crippen molar-refractivity contribution in [2.75, 3.05) is 26.3 Å². The Morgan fingerprint density at radius 1 is 1.12 bits per heavy atom. The van der Waals surface area contributed by atoms with E-state index in [-0.39, 0.29) is 25.6 Å². The van der Waals surface area contributed by atoms with Crippen molar-refractivity contribution in [1.29, 1.82) is 0 Å². The molecule has 0 saturated carbocycles. The number of alkyl halides is 3. The molecule has 2 amide bonds. The van der Waals surface area contributed by atoms with Gasteiger partial charge in [0.25, 0.3) is 5.91 Å². The number of hydrogen-bond donors (Lipinski definition) is 2. The Hall–Kier alpha value is -2.29. The second-order valence-electron chi connectivity index (χ2n) is 4.81. The molecule has 0 aromatic heterocycles. The average molecular weight is 348 g/mol.